The molecular weight excluding hydrogens is 280 g/mol. The summed E-state index contributed by atoms with van der Waals surface area (Å²) < 4.78 is 5.29. The van der Waals surface area contributed by atoms with Crippen molar-refractivity contribution in [1.29, 1.82) is 0 Å². The van der Waals surface area contributed by atoms with Gasteiger partial charge < -0.3 is 20.7 Å². The van der Waals surface area contributed by atoms with E-state index in [4.69, 9.17) is 4.74 Å². The van der Waals surface area contributed by atoms with E-state index in [0.717, 1.165) is 45.4 Å². The summed E-state index contributed by atoms with van der Waals surface area (Å²) in [6, 6.07) is 0.358. The first-order valence-electron chi connectivity index (χ1n) is 8.58. The van der Waals surface area contributed by atoms with Crippen LogP contribution in [0.3, 0.4) is 0 Å². The molecule has 1 saturated carbocycles. The summed E-state index contributed by atoms with van der Waals surface area (Å²) in [7, 11) is 1.72. The largest absolute Gasteiger partial charge is 0.382 e. The summed E-state index contributed by atoms with van der Waals surface area (Å²) in [5, 5.41) is 9.35. The van der Waals surface area contributed by atoms with E-state index in [2.05, 4.69) is 20.9 Å². The Labute approximate surface area is 134 Å². The monoisotopic (exact) mass is 312 g/mol. The zero-order valence-corrected chi connectivity index (χ0v) is 14.1. The summed E-state index contributed by atoms with van der Waals surface area (Å²) in [5.74, 6) is 0.724. The Balaban J connectivity index is 2.08. The van der Waals surface area contributed by atoms with E-state index in [1.54, 1.807) is 7.05 Å². The molecule has 128 valence electrons. The molecule has 0 aliphatic heterocycles. The summed E-state index contributed by atoms with van der Waals surface area (Å²) in [5.41, 5.74) is 0. The number of hydrogen-bond acceptors (Lipinski definition) is 3. The Bertz CT molecular complexity index is 328. The van der Waals surface area contributed by atoms with Crippen molar-refractivity contribution < 1.29 is 9.53 Å². The Hall–Kier alpha value is -1.30. The lowest BCUT2D eigenvalue weighted by Crippen LogP contribution is -2.46. The molecule has 1 aliphatic rings. The minimum absolute atomic E-state index is 0.0474. The van der Waals surface area contributed by atoms with Gasteiger partial charge in [0.2, 0.25) is 5.91 Å². The van der Waals surface area contributed by atoms with Gasteiger partial charge in [-0.25, -0.2) is 0 Å². The molecule has 1 fully saturated rings. The van der Waals surface area contributed by atoms with Gasteiger partial charge in [0.1, 0.15) is 0 Å². The fraction of sp³-hybridized carbons (Fsp3) is 0.875. The molecule has 0 aromatic carbocycles. The van der Waals surface area contributed by atoms with Crippen LogP contribution in [0.5, 0.6) is 0 Å². The van der Waals surface area contributed by atoms with Gasteiger partial charge in [0.25, 0.3) is 0 Å². The minimum Gasteiger partial charge on any atom is -0.382 e. The van der Waals surface area contributed by atoms with E-state index in [1.807, 2.05) is 6.92 Å². The summed E-state index contributed by atoms with van der Waals surface area (Å²) in [6.45, 7) is 4.68. The normalized spacial score (nSPS) is 16.4. The maximum atomic E-state index is 11.9. The molecule has 0 unspecified atom stereocenters. The van der Waals surface area contributed by atoms with Crippen LogP contribution in [0.2, 0.25) is 0 Å². The lowest BCUT2D eigenvalue weighted by atomic mass is 9.95. The van der Waals surface area contributed by atoms with Crippen molar-refractivity contribution in [2.75, 3.05) is 33.4 Å². The molecule has 1 rings (SSSR count). The van der Waals surface area contributed by atoms with Crippen LogP contribution in [-0.4, -0.2) is 51.3 Å². The molecule has 0 heterocycles. The van der Waals surface area contributed by atoms with Crippen molar-refractivity contribution >= 4 is 11.9 Å². The quantitative estimate of drug-likeness (QED) is 0.342. The second-order valence-electron chi connectivity index (χ2n) is 5.66. The van der Waals surface area contributed by atoms with Gasteiger partial charge in [-0.1, -0.05) is 19.3 Å². The van der Waals surface area contributed by atoms with Crippen molar-refractivity contribution in [2.45, 2.75) is 57.9 Å². The van der Waals surface area contributed by atoms with E-state index in [9.17, 15) is 4.79 Å². The smallest absolute Gasteiger partial charge is 0.239 e. The number of hydrogen-bond donors (Lipinski definition) is 3. The van der Waals surface area contributed by atoms with E-state index in [1.165, 1.54) is 19.3 Å². The molecule has 0 aromatic heterocycles. The number of carbonyl (C=O) groups is 1. The van der Waals surface area contributed by atoms with E-state index >= 15 is 0 Å². The van der Waals surface area contributed by atoms with E-state index in [-0.39, 0.29) is 12.5 Å². The highest BCUT2D eigenvalue weighted by Crippen LogP contribution is 2.16. The van der Waals surface area contributed by atoms with Crippen molar-refractivity contribution in [1.82, 2.24) is 16.0 Å². The Morgan fingerprint density at radius 3 is 2.64 bits per heavy atom. The van der Waals surface area contributed by atoms with E-state index in [0.29, 0.717) is 12.0 Å². The van der Waals surface area contributed by atoms with Gasteiger partial charge in [-0.2, -0.15) is 0 Å². The zero-order chi connectivity index (χ0) is 16.0. The van der Waals surface area contributed by atoms with Crippen molar-refractivity contribution in [3.05, 3.63) is 0 Å². The molecule has 0 saturated heterocycles. The van der Waals surface area contributed by atoms with Crippen LogP contribution in [0.15, 0.2) is 4.99 Å². The Morgan fingerprint density at radius 1 is 1.18 bits per heavy atom. The third-order valence-corrected chi connectivity index (χ3v) is 3.82. The number of amides is 1. The number of carbonyl (C=O) groups excluding carboxylic acids is 1. The van der Waals surface area contributed by atoms with Crippen LogP contribution in [0.25, 0.3) is 0 Å². The third-order valence-electron chi connectivity index (χ3n) is 3.82. The SMILES string of the molecule is CCOCCCCNC(=NC)NCC(=O)NC1CCCCC1. The molecule has 0 bridgehead atoms. The molecule has 1 aliphatic carbocycles. The first kappa shape index (κ1) is 18.7. The third kappa shape index (κ3) is 8.87. The van der Waals surface area contributed by atoms with Crippen molar-refractivity contribution in [3.8, 4) is 0 Å². The average molecular weight is 312 g/mol. The molecule has 0 spiro atoms. The number of aliphatic imine (C=N–C) groups is 1. The average Bonchev–Trinajstić information content (AvgIpc) is 2.54. The molecule has 6 nitrogen and oxygen atoms in total. The molecule has 1 amide bonds. The molecular formula is C16H32N4O2. The van der Waals surface area contributed by atoms with Gasteiger partial charge in [0.15, 0.2) is 5.96 Å². The standard InChI is InChI=1S/C16H32N4O2/c1-3-22-12-8-7-11-18-16(17-2)19-13-15(21)20-14-9-5-4-6-10-14/h14H,3-13H2,1-2H3,(H,20,21)(H2,17,18,19). The van der Waals surface area contributed by atoms with Crippen LogP contribution in [0.4, 0.5) is 0 Å². The summed E-state index contributed by atoms with van der Waals surface area (Å²) >= 11 is 0. The van der Waals surface area contributed by atoms with Gasteiger partial charge in [-0.05, 0) is 32.6 Å². The number of rotatable bonds is 9. The highest BCUT2D eigenvalue weighted by atomic mass is 16.5. The van der Waals surface area contributed by atoms with Gasteiger partial charge >= 0.3 is 0 Å². The van der Waals surface area contributed by atoms with Crippen LogP contribution in [0, 0.1) is 0 Å². The number of nitrogens with one attached hydrogen (secondary N) is 3. The molecule has 0 atom stereocenters. The van der Waals surface area contributed by atoms with Crippen LogP contribution >= 0.6 is 0 Å². The fourth-order valence-corrected chi connectivity index (χ4v) is 2.59. The predicted molar refractivity (Wildman–Crippen MR) is 90.1 cm³/mol. The Kier molecular flexibility index (Phi) is 10.5. The number of ether oxygens (including phenoxy) is 1. The second kappa shape index (κ2) is 12.3. The minimum atomic E-state index is 0.0474. The van der Waals surface area contributed by atoms with Crippen LogP contribution in [-0.2, 0) is 9.53 Å². The second-order valence-corrected chi connectivity index (χ2v) is 5.66. The Morgan fingerprint density at radius 2 is 1.95 bits per heavy atom. The van der Waals surface area contributed by atoms with Crippen molar-refractivity contribution in [2.24, 2.45) is 4.99 Å². The summed E-state index contributed by atoms with van der Waals surface area (Å²) in [4.78, 5) is 16.0. The number of nitrogens with zero attached hydrogens (tertiary/aromatic N) is 1. The molecule has 6 heteroatoms. The first-order chi connectivity index (χ1) is 10.8. The lowest BCUT2D eigenvalue weighted by Gasteiger charge is -2.23. The van der Waals surface area contributed by atoms with Crippen molar-refractivity contribution in [3.63, 3.8) is 0 Å². The van der Waals surface area contributed by atoms with E-state index < -0.39 is 0 Å². The molecule has 3 N–H and O–H groups in total. The lowest BCUT2D eigenvalue weighted by molar-refractivity contribution is -0.120. The zero-order valence-electron chi connectivity index (χ0n) is 14.1. The predicted octanol–water partition coefficient (Wildman–Crippen LogP) is 1.42. The highest BCUT2D eigenvalue weighted by molar-refractivity contribution is 5.86. The number of guanidine groups is 1. The molecule has 0 radical (unpaired) electrons. The molecule has 22 heavy (non-hydrogen) atoms. The number of unbranched alkanes of at least 4 members (excludes halogenated alkanes) is 1. The summed E-state index contributed by atoms with van der Waals surface area (Å²) in [6.07, 6.45) is 8.02. The fourth-order valence-electron chi connectivity index (χ4n) is 2.59. The van der Waals surface area contributed by atoms with Gasteiger partial charge in [0, 0.05) is 32.8 Å². The molecule has 0 aromatic rings. The maximum absolute atomic E-state index is 11.9. The van der Waals surface area contributed by atoms with Gasteiger partial charge in [0.05, 0.1) is 6.54 Å². The van der Waals surface area contributed by atoms with Crippen LogP contribution in [0.1, 0.15) is 51.9 Å². The topological polar surface area (TPSA) is 74.8 Å². The highest BCUT2D eigenvalue weighted by Gasteiger charge is 2.15. The first-order valence-corrected chi connectivity index (χ1v) is 8.58. The van der Waals surface area contributed by atoms with Gasteiger partial charge in [-0.15, -0.1) is 0 Å². The van der Waals surface area contributed by atoms with Gasteiger partial charge in [-0.3, -0.25) is 9.79 Å². The van der Waals surface area contributed by atoms with Crippen LogP contribution < -0.4 is 16.0 Å². The maximum Gasteiger partial charge on any atom is 0.239 e.